The lowest BCUT2D eigenvalue weighted by Gasteiger charge is -2.15. The molecule has 0 aliphatic heterocycles. The second-order valence-corrected chi connectivity index (χ2v) is 3.25. The van der Waals surface area contributed by atoms with Crippen molar-refractivity contribution >= 4 is 6.29 Å². The van der Waals surface area contributed by atoms with E-state index < -0.39 is 0 Å². The monoisotopic (exact) mass is 192 g/mol. The zero-order valence-electron chi connectivity index (χ0n) is 8.69. The number of carbonyl (C=O) groups is 1. The molecule has 1 rings (SSSR count). The standard InChI is InChI=1S/C12H16O2/c1-3-10(8-9-13)11-6-4-5-7-12(11)14-2/h4-7,9-10H,3,8H2,1-2H3/t10-/m0/s1. The molecule has 0 aliphatic rings. The lowest BCUT2D eigenvalue weighted by atomic mass is 9.93. The van der Waals surface area contributed by atoms with Crippen LogP contribution in [0.25, 0.3) is 0 Å². The minimum atomic E-state index is 0.281. The van der Waals surface area contributed by atoms with Gasteiger partial charge in [-0.3, -0.25) is 0 Å². The molecule has 0 fully saturated rings. The van der Waals surface area contributed by atoms with E-state index in [0.717, 1.165) is 24.0 Å². The molecule has 0 aromatic heterocycles. The fraction of sp³-hybridized carbons (Fsp3) is 0.417. The quantitative estimate of drug-likeness (QED) is 0.670. The number of benzene rings is 1. The van der Waals surface area contributed by atoms with Gasteiger partial charge in [-0.1, -0.05) is 25.1 Å². The van der Waals surface area contributed by atoms with Crippen molar-refractivity contribution in [3.05, 3.63) is 29.8 Å². The van der Waals surface area contributed by atoms with Crippen LogP contribution in [0.4, 0.5) is 0 Å². The van der Waals surface area contributed by atoms with Crippen molar-refractivity contribution in [2.45, 2.75) is 25.7 Å². The molecule has 0 amide bonds. The summed E-state index contributed by atoms with van der Waals surface area (Å²) < 4.78 is 5.26. The average Bonchev–Trinajstić information content (AvgIpc) is 2.26. The SMILES string of the molecule is CC[C@@H](CC=O)c1ccccc1OC. The number of para-hydroxylation sites is 1. The lowest BCUT2D eigenvalue weighted by Crippen LogP contribution is -2.00. The summed E-state index contributed by atoms with van der Waals surface area (Å²) in [5, 5.41) is 0. The lowest BCUT2D eigenvalue weighted by molar-refractivity contribution is -0.108. The maximum Gasteiger partial charge on any atom is 0.122 e. The first-order valence-corrected chi connectivity index (χ1v) is 4.90. The van der Waals surface area contributed by atoms with Crippen molar-refractivity contribution in [2.24, 2.45) is 0 Å². The van der Waals surface area contributed by atoms with Crippen LogP contribution in [-0.2, 0) is 4.79 Å². The van der Waals surface area contributed by atoms with Gasteiger partial charge < -0.3 is 9.53 Å². The van der Waals surface area contributed by atoms with E-state index in [2.05, 4.69) is 6.92 Å². The molecule has 1 aromatic carbocycles. The molecule has 0 N–H and O–H groups in total. The van der Waals surface area contributed by atoms with Gasteiger partial charge in [-0.05, 0) is 24.0 Å². The Hall–Kier alpha value is -1.31. The molecule has 14 heavy (non-hydrogen) atoms. The van der Waals surface area contributed by atoms with Gasteiger partial charge in [0, 0.05) is 6.42 Å². The van der Waals surface area contributed by atoms with Crippen LogP contribution in [-0.4, -0.2) is 13.4 Å². The van der Waals surface area contributed by atoms with Crippen molar-refractivity contribution in [2.75, 3.05) is 7.11 Å². The Kier molecular flexibility index (Phi) is 4.17. The number of carbonyl (C=O) groups excluding carboxylic acids is 1. The minimum Gasteiger partial charge on any atom is -0.496 e. The zero-order valence-corrected chi connectivity index (χ0v) is 8.69. The summed E-state index contributed by atoms with van der Waals surface area (Å²) in [6, 6.07) is 7.88. The van der Waals surface area contributed by atoms with Gasteiger partial charge in [0.05, 0.1) is 7.11 Å². The number of hydrogen-bond donors (Lipinski definition) is 0. The van der Waals surface area contributed by atoms with Crippen LogP contribution in [0.1, 0.15) is 31.2 Å². The van der Waals surface area contributed by atoms with Gasteiger partial charge in [-0.15, -0.1) is 0 Å². The van der Waals surface area contributed by atoms with Crippen molar-refractivity contribution in [1.82, 2.24) is 0 Å². The predicted octanol–water partition coefficient (Wildman–Crippen LogP) is 2.78. The van der Waals surface area contributed by atoms with Gasteiger partial charge >= 0.3 is 0 Å². The van der Waals surface area contributed by atoms with Crippen LogP contribution in [0.2, 0.25) is 0 Å². The van der Waals surface area contributed by atoms with Crippen molar-refractivity contribution in [3.8, 4) is 5.75 Å². The van der Waals surface area contributed by atoms with Gasteiger partial charge in [0.2, 0.25) is 0 Å². The highest BCUT2D eigenvalue weighted by molar-refractivity contribution is 5.52. The molecule has 0 spiro atoms. The Labute approximate surface area is 84.9 Å². The number of rotatable bonds is 5. The summed E-state index contributed by atoms with van der Waals surface area (Å²) >= 11 is 0. The summed E-state index contributed by atoms with van der Waals surface area (Å²) in [4.78, 5) is 10.5. The third-order valence-corrected chi connectivity index (χ3v) is 2.45. The Morgan fingerprint density at radius 1 is 1.43 bits per heavy atom. The van der Waals surface area contributed by atoms with E-state index >= 15 is 0 Å². The highest BCUT2D eigenvalue weighted by Gasteiger charge is 2.12. The van der Waals surface area contributed by atoms with Crippen LogP contribution in [0.15, 0.2) is 24.3 Å². The van der Waals surface area contributed by atoms with Gasteiger partial charge in [0.15, 0.2) is 0 Å². The van der Waals surface area contributed by atoms with Crippen molar-refractivity contribution in [3.63, 3.8) is 0 Å². The number of hydrogen-bond acceptors (Lipinski definition) is 2. The van der Waals surface area contributed by atoms with Crippen molar-refractivity contribution in [1.29, 1.82) is 0 Å². The average molecular weight is 192 g/mol. The molecule has 2 nitrogen and oxygen atoms in total. The highest BCUT2D eigenvalue weighted by atomic mass is 16.5. The molecule has 0 unspecified atom stereocenters. The number of ether oxygens (including phenoxy) is 1. The van der Waals surface area contributed by atoms with Gasteiger partial charge in [-0.2, -0.15) is 0 Å². The van der Waals surface area contributed by atoms with E-state index in [-0.39, 0.29) is 5.92 Å². The zero-order chi connectivity index (χ0) is 10.4. The molecule has 0 radical (unpaired) electrons. The van der Waals surface area contributed by atoms with Crippen LogP contribution < -0.4 is 4.74 Å². The molecular formula is C12H16O2. The molecular weight excluding hydrogens is 176 g/mol. The van der Waals surface area contributed by atoms with Crippen LogP contribution in [0.5, 0.6) is 5.75 Å². The molecule has 1 aromatic rings. The summed E-state index contributed by atoms with van der Waals surface area (Å²) in [5.74, 6) is 1.16. The Morgan fingerprint density at radius 3 is 2.71 bits per heavy atom. The topological polar surface area (TPSA) is 26.3 Å². The Balaban J connectivity index is 2.95. The second-order valence-electron chi connectivity index (χ2n) is 3.25. The summed E-state index contributed by atoms with van der Waals surface area (Å²) in [7, 11) is 1.66. The first-order valence-electron chi connectivity index (χ1n) is 4.90. The smallest absolute Gasteiger partial charge is 0.122 e. The van der Waals surface area contributed by atoms with E-state index in [0.29, 0.717) is 6.42 Å². The molecule has 0 aliphatic carbocycles. The van der Waals surface area contributed by atoms with E-state index in [1.54, 1.807) is 7.11 Å². The minimum absolute atomic E-state index is 0.281. The molecule has 0 saturated heterocycles. The largest absolute Gasteiger partial charge is 0.496 e. The molecule has 1 atom stereocenters. The third-order valence-electron chi connectivity index (χ3n) is 2.45. The number of methoxy groups -OCH3 is 1. The first-order chi connectivity index (χ1) is 6.83. The maximum atomic E-state index is 10.5. The molecule has 0 heterocycles. The maximum absolute atomic E-state index is 10.5. The van der Waals surface area contributed by atoms with Gasteiger partial charge in [0.1, 0.15) is 12.0 Å². The summed E-state index contributed by atoms with van der Waals surface area (Å²) in [6.07, 6.45) is 2.50. The van der Waals surface area contributed by atoms with E-state index in [1.165, 1.54) is 0 Å². The van der Waals surface area contributed by atoms with Crippen LogP contribution in [0, 0.1) is 0 Å². The highest BCUT2D eigenvalue weighted by Crippen LogP contribution is 2.30. The normalized spacial score (nSPS) is 12.1. The molecule has 76 valence electrons. The fourth-order valence-corrected chi connectivity index (χ4v) is 1.63. The predicted molar refractivity (Wildman–Crippen MR) is 56.7 cm³/mol. The summed E-state index contributed by atoms with van der Waals surface area (Å²) in [5.41, 5.74) is 1.13. The van der Waals surface area contributed by atoms with Crippen LogP contribution >= 0.6 is 0 Å². The third kappa shape index (κ3) is 2.34. The van der Waals surface area contributed by atoms with E-state index in [4.69, 9.17) is 4.74 Å². The van der Waals surface area contributed by atoms with E-state index in [1.807, 2.05) is 24.3 Å². The van der Waals surface area contributed by atoms with Gasteiger partial charge in [-0.25, -0.2) is 0 Å². The molecule has 2 heteroatoms. The summed E-state index contributed by atoms with van der Waals surface area (Å²) in [6.45, 7) is 2.08. The second kappa shape index (κ2) is 5.43. The van der Waals surface area contributed by atoms with Gasteiger partial charge in [0.25, 0.3) is 0 Å². The Bertz CT molecular complexity index is 294. The Morgan fingerprint density at radius 2 is 2.14 bits per heavy atom. The van der Waals surface area contributed by atoms with Crippen LogP contribution in [0.3, 0.4) is 0 Å². The number of aldehydes is 1. The van der Waals surface area contributed by atoms with E-state index in [9.17, 15) is 4.79 Å². The van der Waals surface area contributed by atoms with Crippen molar-refractivity contribution < 1.29 is 9.53 Å². The fourth-order valence-electron chi connectivity index (χ4n) is 1.63. The first kappa shape index (κ1) is 10.8. The molecule has 0 saturated carbocycles. The molecule has 0 bridgehead atoms.